The van der Waals surface area contributed by atoms with Crippen molar-refractivity contribution in [3.8, 4) is 5.75 Å². The zero-order valence-corrected chi connectivity index (χ0v) is 12.1. The van der Waals surface area contributed by atoms with Gasteiger partial charge in [-0.1, -0.05) is 18.2 Å². The molecule has 0 fully saturated rings. The van der Waals surface area contributed by atoms with E-state index in [1.807, 2.05) is 32.0 Å². The first kappa shape index (κ1) is 15.0. The highest BCUT2D eigenvalue weighted by Crippen LogP contribution is 2.21. The molecule has 0 bridgehead atoms. The van der Waals surface area contributed by atoms with Crippen LogP contribution in [0.4, 0.5) is 0 Å². The Kier molecular flexibility index (Phi) is 5.63. The second-order valence-corrected chi connectivity index (χ2v) is 5.01. The molecule has 1 rings (SSSR count). The SMILES string of the molecule is COc1ccccc1CC(C)N(C)C(C)C(C)O. The molecule has 18 heavy (non-hydrogen) atoms. The van der Waals surface area contributed by atoms with Gasteiger partial charge in [0, 0.05) is 12.1 Å². The number of ether oxygens (including phenoxy) is 1. The van der Waals surface area contributed by atoms with Crippen LogP contribution in [-0.4, -0.2) is 42.4 Å². The van der Waals surface area contributed by atoms with E-state index in [9.17, 15) is 5.11 Å². The summed E-state index contributed by atoms with van der Waals surface area (Å²) in [5.41, 5.74) is 1.21. The fourth-order valence-corrected chi connectivity index (χ4v) is 2.08. The molecule has 0 saturated carbocycles. The lowest BCUT2D eigenvalue weighted by Gasteiger charge is -2.32. The van der Waals surface area contributed by atoms with Crippen molar-refractivity contribution < 1.29 is 9.84 Å². The van der Waals surface area contributed by atoms with Crippen LogP contribution in [-0.2, 0) is 6.42 Å². The average molecular weight is 251 g/mol. The first-order valence-corrected chi connectivity index (χ1v) is 6.49. The molecule has 0 aromatic heterocycles. The lowest BCUT2D eigenvalue weighted by Crippen LogP contribution is -2.43. The van der Waals surface area contributed by atoms with Gasteiger partial charge >= 0.3 is 0 Å². The molecule has 0 spiro atoms. The minimum Gasteiger partial charge on any atom is -0.496 e. The third-order valence-corrected chi connectivity index (χ3v) is 3.74. The second kappa shape index (κ2) is 6.76. The van der Waals surface area contributed by atoms with Crippen LogP contribution >= 0.6 is 0 Å². The average Bonchev–Trinajstić information content (AvgIpc) is 2.37. The normalized spacial score (nSPS) is 16.4. The third kappa shape index (κ3) is 3.72. The van der Waals surface area contributed by atoms with Crippen molar-refractivity contribution >= 4 is 0 Å². The summed E-state index contributed by atoms with van der Waals surface area (Å²) in [4.78, 5) is 2.21. The summed E-state index contributed by atoms with van der Waals surface area (Å²) in [6.07, 6.45) is 0.590. The molecule has 3 nitrogen and oxygen atoms in total. The van der Waals surface area contributed by atoms with Crippen LogP contribution in [0.25, 0.3) is 0 Å². The molecule has 0 radical (unpaired) electrons. The maximum absolute atomic E-state index is 9.64. The summed E-state index contributed by atoms with van der Waals surface area (Å²) in [6.45, 7) is 6.05. The molecule has 3 heteroatoms. The Bertz CT molecular complexity index is 365. The maximum atomic E-state index is 9.64. The predicted octanol–water partition coefficient (Wildman–Crippen LogP) is 2.33. The van der Waals surface area contributed by atoms with Gasteiger partial charge in [-0.2, -0.15) is 0 Å². The first-order chi connectivity index (χ1) is 8.47. The van der Waals surface area contributed by atoms with E-state index in [1.165, 1.54) is 5.56 Å². The monoisotopic (exact) mass is 251 g/mol. The summed E-state index contributed by atoms with van der Waals surface area (Å²) >= 11 is 0. The van der Waals surface area contributed by atoms with E-state index >= 15 is 0 Å². The van der Waals surface area contributed by atoms with Gasteiger partial charge in [-0.3, -0.25) is 4.90 Å². The first-order valence-electron chi connectivity index (χ1n) is 6.49. The Morgan fingerprint density at radius 2 is 1.83 bits per heavy atom. The number of aliphatic hydroxyl groups is 1. The number of methoxy groups -OCH3 is 1. The van der Waals surface area contributed by atoms with E-state index < -0.39 is 0 Å². The number of aliphatic hydroxyl groups excluding tert-OH is 1. The highest BCUT2D eigenvalue weighted by molar-refractivity contribution is 5.33. The van der Waals surface area contributed by atoms with Crippen molar-refractivity contribution in [2.45, 2.75) is 45.4 Å². The molecule has 0 aliphatic rings. The van der Waals surface area contributed by atoms with E-state index in [0.29, 0.717) is 6.04 Å². The number of likely N-dealkylation sites (N-methyl/N-ethyl adjacent to an activating group) is 1. The van der Waals surface area contributed by atoms with Crippen LogP contribution in [0.2, 0.25) is 0 Å². The highest BCUT2D eigenvalue weighted by Gasteiger charge is 2.20. The largest absolute Gasteiger partial charge is 0.496 e. The highest BCUT2D eigenvalue weighted by atomic mass is 16.5. The Morgan fingerprint density at radius 1 is 1.22 bits per heavy atom. The van der Waals surface area contributed by atoms with Gasteiger partial charge in [0.25, 0.3) is 0 Å². The van der Waals surface area contributed by atoms with Gasteiger partial charge < -0.3 is 9.84 Å². The minimum absolute atomic E-state index is 0.148. The molecule has 1 aromatic rings. The molecular weight excluding hydrogens is 226 g/mol. The van der Waals surface area contributed by atoms with E-state index in [1.54, 1.807) is 7.11 Å². The van der Waals surface area contributed by atoms with Gasteiger partial charge in [0.15, 0.2) is 0 Å². The van der Waals surface area contributed by atoms with E-state index in [0.717, 1.165) is 12.2 Å². The van der Waals surface area contributed by atoms with E-state index in [4.69, 9.17) is 4.74 Å². The number of para-hydroxylation sites is 1. The van der Waals surface area contributed by atoms with Crippen molar-refractivity contribution in [1.29, 1.82) is 0 Å². The van der Waals surface area contributed by atoms with Gasteiger partial charge in [-0.15, -0.1) is 0 Å². The van der Waals surface area contributed by atoms with Crippen molar-refractivity contribution in [2.75, 3.05) is 14.2 Å². The Hall–Kier alpha value is -1.06. The van der Waals surface area contributed by atoms with Gasteiger partial charge in [0.1, 0.15) is 5.75 Å². The lowest BCUT2D eigenvalue weighted by molar-refractivity contribution is 0.0656. The van der Waals surface area contributed by atoms with Crippen molar-refractivity contribution in [3.05, 3.63) is 29.8 Å². The van der Waals surface area contributed by atoms with Crippen LogP contribution in [0, 0.1) is 0 Å². The number of hydrogen-bond donors (Lipinski definition) is 1. The second-order valence-electron chi connectivity index (χ2n) is 5.01. The standard InChI is InChI=1S/C15H25NO2/c1-11(16(4)12(2)13(3)17)10-14-8-6-7-9-15(14)18-5/h6-9,11-13,17H,10H2,1-5H3. The minimum atomic E-state index is -0.324. The smallest absolute Gasteiger partial charge is 0.122 e. The summed E-state index contributed by atoms with van der Waals surface area (Å²) in [7, 11) is 3.75. The number of rotatable bonds is 6. The maximum Gasteiger partial charge on any atom is 0.122 e. The predicted molar refractivity (Wildman–Crippen MR) is 75.1 cm³/mol. The van der Waals surface area contributed by atoms with Gasteiger partial charge in [-0.25, -0.2) is 0 Å². The summed E-state index contributed by atoms with van der Waals surface area (Å²) in [6, 6.07) is 8.59. The molecule has 1 N–H and O–H groups in total. The molecular formula is C15H25NO2. The molecule has 1 aromatic carbocycles. The zero-order chi connectivity index (χ0) is 13.7. The fourth-order valence-electron chi connectivity index (χ4n) is 2.08. The van der Waals surface area contributed by atoms with Crippen molar-refractivity contribution in [1.82, 2.24) is 4.90 Å². The molecule has 0 heterocycles. The van der Waals surface area contributed by atoms with Crippen molar-refractivity contribution in [2.24, 2.45) is 0 Å². The summed E-state index contributed by atoms with van der Waals surface area (Å²) in [5, 5.41) is 9.64. The van der Waals surface area contributed by atoms with Crippen LogP contribution < -0.4 is 4.74 Å². The molecule has 0 aliphatic carbocycles. The topological polar surface area (TPSA) is 32.7 Å². The Morgan fingerprint density at radius 3 is 2.39 bits per heavy atom. The molecule has 0 amide bonds. The summed E-state index contributed by atoms with van der Waals surface area (Å²) < 4.78 is 5.37. The quantitative estimate of drug-likeness (QED) is 0.842. The number of hydrogen-bond acceptors (Lipinski definition) is 3. The summed E-state index contributed by atoms with van der Waals surface area (Å²) in [5.74, 6) is 0.933. The van der Waals surface area contributed by atoms with Crippen LogP contribution in [0.5, 0.6) is 5.75 Å². The number of nitrogens with zero attached hydrogens (tertiary/aromatic N) is 1. The fraction of sp³-hybridized carbons (Fsp3) is 0.600. The Balaban J connectivity index is 2.72. The molecule has 3 atom stereocenters. The van der Waals surface area contributed by atoms with Gasteiger partial charge in [0.2, 0.25) is 0 Å². The molecule has 3 unspecified atom stereocenters. The van der Waals surface area contributed by atoms with E-state index in [-0.39, 0.29) is 12.1 Å². The zero-order valence-electron chi connectivity index (χ0n) is 12.1. The van der Waals surface area contributed by atoms with Crippen LogP contribution in [0.15, 0.2) is 24.3 Å². The van der Waals surface area contributed by atoms with E-state index in [2.05, 4.69) is 24.9 Å². The number of benzene rings is 1. The lowest BCUT2D eigenvalue weighted by atomic mass is 10.0. The van der Waals surface area contributed by atoms with Crippen LogP contribution in [0.1, 0.15) is 26.3 Å². The molecule has 0 saturated heterocycles. The van der Waals surface area contributed by atoms with Crippen molar-refractivity contribution in [3.63, 3.8) is 0 Å². The Labute approximate surface area is 110 Å². The van der Waals surface area contributed by atoms with Gasteiger partial charge in [-0.05, 0) is 45.9 Å². The van der Waals surface area contributed by atoms with Gasteiger partial charge in [0.05, 0.1) is 13.2 Å². The van der Waals surface area contributed by atoms with Crippen LogP contribution in [0.3, 0.4) is 0 Å². The molecule has 102 valence electrons. The molecule has 0 aliphatic heterocycles. The third-order valence-electron chi connectivity index (χ3n) is 3.74.